The standard InChI is InChI=1S/C14H18N4OS/c1-11-7-16-14(20-11)12-3-2-5-18(8-12)13(19)9-17-6-4-15-10-17/h4,6-7,10,12H,2-3,5,8-9H2,1H3. The molecule has 2 aromatic heterocycles. The molecule has 1 aliphatic rings. The number of aromatic nitrogens is 3. The van der Waals surface area contributed by atoms with Crippen LogP contribution in [0.15, 0.2) is 24.9 Å². The first-order chi connectivity index (χ1) is 9.72. The second-order valence-corrected chi connectivity index (χ2v) is 6.49. The summed E-state index contributed by atoms with van der Waals surface area (Å²) in [6.07, 6.45) is 9.31. The summed E-state index contributed by atoms with van der Waals surface area (Å²) >= 11 is 1.75. The Morgan fingerprint density at radius 3 is 3.15 bits per heavy atom. The molecule has 1 aliphatic heterocycles. The fourth-order valence-corrected chi connectivity index (χ4v) is 3.50. The topological polar surface area (TPSA) is 51.0 Å². The normalized spacial score (nSPS) is 19.2. The summed E-state index contributed by atoms with van der Waals surface area (Å²) in [4.78, 5) is 24.0. The summed E-state index contributed by atoms with van der Waals surface area (Å²) in [5.74, 6) is 0.565. The number of amides is 1. The molecule has 1 fully saturated rings. The van der Waals surface area contributed by atoms with Crippen molar-refractivity contribution in [3.63, 3.8) is 0 Å². The highest BCUT2D eigenvalue weighted by atomic mass is 32.1. The summed E-state index contributed by atoms with van der Waals surface area (Å²) in [6.45, 7) is 4.10. The van der Waals surface area contributed by atoms with Crippen LogP contribution in [0.2, 0.25) is 0 Å². The molecule has 6 heteroatoms. The Labute approximate surface area is 122 Å². The van der Waals surface area contributed by atoms with Crippen molar-refractivity contribution >= 4 is 17.2 Å². The first-order valence-corrected chi connectivity index (χ1v) is 7.70. The zero-order valence-electron chi connectivity index (χ0n) is 11.5. The molecule has 20 heavy (non-hydrogen) atoms. The Morgan fingerprint density at radius 2 is 2.45 bits per heavy atom. The van der Waals surface area contributed by atoms with E-state index in [-0.39, 0.29) is 5.91 Å². The molecule has 3 heterocycles. The maximum absolute atomic E-state index is 12.3. The minimum absolute atomic E-state index is 0.168. The van der Waals surface area contributed by atoms with Crippen molar-refractivity contribution in [1.82, 2.24) is 19.4 Å². The van der Waals surface area contributed by atoms with Crippen LogP contribution in [0.5, 0.6) is 0 Å². The molecule has 1 amide bonds. The van der Waals surface area contributed by atoms with E-state index in [0.29, 0.717) is 12.5 Å². The predicted octanol–water partition coefficient (Wildman–Crippen LogP) is 2.05. The molecule has 1 saturated heterocycles. The lowest BCUT2D eigenvalue weighted by Gasteiger charge is -2.32. The van der Waals surface area contributed by atoms with Gasteiger partial charge in [0.1, 0.15) is 6.54 Å². The summed E-state index contributed by atoms with van der Waals surface area (Å²) in [5, 5.41) is 1.17. The lowest BCUT2D eigenvalue weighted by atomic mass is 9.99. The Bertz CT molecular complexity index is 578. The van der Waals surface area contributed by atoms with Gasteiger partial charge >= 0.3 is 0 Å². The molecular formula is C14H18N4OS. The number of rotatable bonds is 3. The van der Waals surface area contributed by atoms with Gasteiger partial charge in [0.05, 0.1) is 11.3 Å². The number of piperidine rings is 1. The summed E-state index contributed by atoms with van der Waals surface area (Å²) in [7, 11) is 0. The molecule has 0 aliphatic carbocycles. The summed E-state index contributed by atoms with van der Waals surface area (Å²) in [5.41, 5.74) is 0. The number of thiazole rings is 1. The molecule has 3 rings (SSSR count). The number of carbonyl (C=O) groups is 1. The van der Waals surface area contributed by atoms with E-state index in [4.69, 9.17) is 0 Å². The second-order valence-electron chi connectivity index (χ2n) is 5.22. The SMILES string of the molecule is Cc1cnc(C2CCCN(C(=O)Cn3ccnc3)C2)s1. The number of aryl methyl sites for hydroxylation is 1. The van der Waals surface area contributed by atoms with Gasteiger partial charge in [-0.15, -0.1) is 11.3 Å². The Kier molecular flexibility index (Phi) is 3.82. The van der Waals surface area contributed by atoms with Gasteiger partial charge in [-0.1, -0.05) is 0 Å². The van der Waals surface area contributed by atoms with Crippen LogP contribution in [0.4, 0.5) is 0 Å². The van der Waals surface area contributed by atoms with Crippen molar-refractivity contribution in [2.75, 3.05) is 13.1 Å². The van der Waals surface area contributed by atoms with E-state index in [1.54, 1.807) is 23.9 Å². The monoisotopic (exact) mass is 290 g/mol. The predicted molar refractivity (Wildman–Crippen MR) is 77.6 cm³/mol. The highest BCUT2D eigenvalue weighted by molar-refractivity contribution is 7.11. The van der Waals surface area contributed by atoms with Crippen LogP contribution in [-0.4, -0.2) is 38.4 Å². The lowest BCUT2D eigenvalue weighted by Crippen LogP contribution is -2.40. The maximum atomic E-state index is 12.3. The molecule has 5 nitrogen and oxygen atoms in total. The van der Waals surface area contributed by atoms with E-state index < -0.39 is 0 Å². The van der Waals surface area contributed by atoms with E-state index in [2.05, 4.69) is 16.9 Å². The fourth-order valence-electron chi connectivity index (χ4n) is 2.60. The van der Waals surface area contributed by atoms with Crippen molar-refractivity contribution in [2.45, 2.75) is 32.2 Å². The minimum atomic E-state index is 0.168. The minimum Gasteiger partial charge on any atom is -0.340 e. The van der Waals surface area contributed by atoms with E-state index in [0.717, 1.165) is 25.9 Å². The van der Waals surface area contributed by atoms with Crippen molar-refractivity contribution in [2.24, 2.45) is 0 Å². The van der Waals surface area contributed by atoms with E-state index in [1.807, 2.05) is 21.9 Å². The molecule has 0 radical (unpaired) electrons. The summed E-state index contributed by atoms with van der Waals surface area (Å²) < 4.78 is 1.82. The van der Waals surface area contributed by atoms with Gasteiger partial charge in [0, 0.05) is 42.5 Å². The van der Waals surface area contributed by atoms with Crippen LogP contribution in [0.3, 0.4) is 0 Å². The van der Waals surface area contributed by atoms with Crippen LogP contribution in [-0.2, 0) is 11.3 Å². The smallest absolute Gasteiger partial charge is 0.242 e. The maximum Gasteiger partial charge on any atom is 0.242 e. The van der Waals surface area contributed by atoms with Crippen molar-refractivity contribution < 1.29 is 4.79 Å². The zero-order valence-corrected chi connectivity index (χ0v) is 12.3. The summed E-state index contributed by atoms with van der Waals surface area (Å²) in [6, 6.07) is 0. The largest absolute Gasteiger partial charge is 0.340 e. The molecule has 1 unspecified atom stereocenters. The number of hydrogen-bond acceptors (Lipinski definition) is 4. The molecule has 0 aromatic carbocycles. The fraction of sp³-hybridized carbons (Fsp3) is 0.500. The molecule has 106 valence electrons. The molecule has 1 atom stereocenters. The van der Waals surface area contributed by atoms with Gasteiger partial charge in [-0.2, -0.15) is 0 Å². The zero-order chi connectivity index (χ0) is 13.9. The number of carbonyl (C=O) groups excluding carboxylic acids is 1. The molecule has 0 N–H and O–H groups in total. The third kappa shape index (κ3) is 2.90. The average molecular weight is 290 g/mol. The van der Waals surface area contributed by atoms with Crippen LogP contribution < -0.4 is 0 Å². The van der Waals surface area contributed by atoms with E-state index in [1.165, 1.54) is 9.88 Å². The number of likely N-dealkylation sites (tertiary alicyclic amines) is 1. The number of hydrogen-bond donors (Lipinski definition) is 0. The van der Waals surface area contributed by atoms with Gasteiger partial charge in [0.25, 0.3) is 0 Å². The third-order valence-electron chi connectivity index (χ3n) is 3.64. The Morgan fingerprint density at radius 1 is 1.55 bits per heavy atom. The average Bonchev–Trinajstić information content (AvgIpc) is 3.10. The van der Waals surface area contributed by atoms with E-state index >= 15 is 0 Å². The van der Waals surface area contributed by atoms with Crippen molar-refractivity contribution in [3.8, 4) is 0 Å². The molecular weight excluding hydrogens is 272 g/mol. The van der Waals surface area contributed by atoms with E-state index in [9.17, 15) is 4.79 Å². The Balaban J connectivity index is 1.64. The molecule has 0 saturated carbocycles. The molecule has 0 spiro atoms. The van der Waals surface area contributed by atoms with Crippen LogP contribution >= 0.6 is 11.3 Å². The first-order valence-electron chi connectivity index (χ1n) is 6.88. The second kappa shape index (κ2) is 5.75. The lowest BCUT2D eigenvalue weighted by molar-refractivity contribution is -0.133. The van der Waals surface area contributed by atoms with Gasteiger partial charge in [-0.05, 0) is 19.8 Å². The first kappa shape index (κ1) is 13.3. The van der Waals surface area contributed by atoms with Gasteiger partial charge in [0.15, 0.2) is 0 Å². The van der Waals surface area contributed by atoms with Gasteiger partial charge in [0.2, 0.25) is 5.91 Å². The number of imidazole rings is 1. The Hall–Kier alpha value is -1.69. The third-order valence-corrected chi connectivity index (χ3v) is 4.71. The van der Waals surface area contributed by atoms with Crippen molar-refractivity contribution in [3.05, 3.63) is 34.8 Å². The highest BCUT2D eigenvalue weighted by Gasteiger charge is 2.26. The van der Waals surface area contributed by atoms with Crippen LogP contribution in [0.25, 0.3) is 0 Å². The van der Waals surface area contributed by atoms with Gasteiger partial charge < -0.3 is 9.47 Å². The highest BCUT2D eigenvalue weighted by Crippen LogP contribution is 2.29. The van der Waals surface area contributed by atoms with Crippen LogP contribution in [0, 0.1) is 6.92 Å². The van der Waals surface area contributed by atoms with Gasteiger partial charge in [-0.3, -0.25) is 4.79 Å². The molecule has 0 bridgehead atoms. The van der Waals surface area contributed by atoms with Gasteiger partial charge in [-0.25, -0.2) is 9.97 Å². The van der Waals surface area contributed by atoms with Crippen molar-refractivity contribution in [1.29, 1.82) is 0 Å². The molecule has 2 aromatic rings. The van der Waals surface area contributed by atoms with Crippen LogP contribution in [0.1, 0.15) is 28.6 Å². The number of nitrogens with zero attached hydrogens (tertiary/aromatic N) is 4. The quantitative estimate of drug-likeness (QED) is 0.869.